The van der Waals surface area contributed by atoms with Crippen LogP contribution in [0, 0.1) is 31.1 Å². The van der Waals surface area contributed by atoms with Crippen LogP contribution in [0.5, 0.6) is 0 Å². The number of carbonyl (C=O) groups excluding carboxylic acids is 1. The van der Waals surface area contributed by atoms with E-state index in [9.17, 15) is 10.1 Å². The Morgan fingerprint density at radius 2 is 1.40 bits per heavy atom. The average molecular weight is 433 g/mol. The summed E-state index contributed by atoms with van der Waals surface area (Å²) in [4.78, 5) is 13.8. The zero-order valence-corrected chi connectivity index (χ0v) is 21.5. The SMILES string of the molecule is CCCC[PH](CCCC)(CCCC)C(C(=O)Nc1c(C)cc(C#N)cc1C)C(C)C. The number of hydrogen-bond donors (Lipinski definition) is 1. The molecule has 1 amide bonds. The summed E-state index contributed by atoms with van der Waals surface area (Å²) in [6.45, 7) is 15.3. The molecule has 0 fully saturated rings. The zero-order valence-electron chi connectivity index (χ0n) is 20.5. The fourth-order valence-electron chi connectivity index (χ4n) is 5.14. The van der Waals surface area contributed by atoms with Crippen LogP contribution in [0.2, 0.25) is 0 Å². The van der Waals surface area contributed by atoms with Crippen LogP contribution in [-0.2, 0) is 4.79 Å². The first kappa shape index (κ1) is 26.6. The summed E-state index contributed by atoms with van der Waals surface area (Å²) in [5.41, 5.74) is 3.64. The molecule has 0 saturated carbocycles. The molecule has 0 aliphatic rings. The molecule has 170 valence electrons. The van der Waals surface area contributed by atoms with Gasteiger partial charge in [-0.15, -0.1) is 0 Å². The minimum atomic E-state index is -1.78. The third-order valence-electron chi connectivity index (χ3n) is 6.60. The van der Waals surface area contributed by atoms with E-state index in [0.29, 0.717) is 11.5 Å². The molecule has 1 aromatic carbocycles. The Labute approximate surface area is 186 Å². The van der Waals surface area contributed by atoms with Crippen molar-refractivity contribution in [3.63, 3.8) is 0 Å². The average Bonchev–Trinajstić information content (AvgIpc) is 2.71. The van der Waals surface area contributed by atoms with E-state index in [4.69, 9.17) is 0 Å². The number of carbonyl (C=O) groups is 1. The van der Waals surface area contributed by atoms with Crippen molar-refractivity contribution in [2.75, 3.05) is 23.8 Å². The van der Waals surface area contributed by atoms with Gasteiger partial charge in [-0.25, -0.2) is 0 Å². The fraction of sp³-hybridized carbons (Fsp3) is 0.692. The summed E-state index contributed by atoms with van der Waals surface area (Å²) < 4.78 is 0. The van der Waals surface area contributed by atoms with Gasteiger partial charge in [-0.05, 0) is 0 Å². The van der Waals surface area contributed by atoms with Crippen LogP contribution in [0.3, 0.4) is 0 Å². The summed E-state index contributed by atoms with van der Waals surface area (Å²) in [5, 5.41) is 12.6. The number of nitrogens with zero attached hydrogens (tertiary/aromatic N) is 1. The van der Waals surface area contributed by atoms with Gasteiger partial charge in [0.05, 0.1) is 0 Å². The van der Waals surface area contributed by atoms with Gasteiger partial charge in [-0.3, -0.25) is 0 Å². The summed E-state index contributed by atoms with van der Waals surface area (Å²) >= 11 is 0. The second kappa shape index (κ2) is 13.1. The van der Waals surface area contributed by atoms with Gasteiger partial charge in [0, 0.05) is 0 Å². The quantitative estimate of drug-likeness (QED) is 0.333. The van der Waals surface area contributed by atoms with Gasteiger partial charge in [0.1, 0.15) is 0 Å². The maximum atomic E-state index is 13.8. The molecule has 0 aliphatic carbocycles. The Bertz CT molecular complexity index is 675. The van der Waals surface area contributed by atoms with E-state index in [2.05, 4.69) is 46.0 Å². The minimum absolute atomic E-state index is 0.136. The number of nitrogens with one attached hydrogen (secondary N) is 1. The number of anilines is 1. The molecule has 1 rings (SSSR count). The van der Waals surface area contributed by atoms with Gasteiger partial charge in [-0.1, -0.05) is 0 Å². The molecule has 1 aromatic rings. The first-order valence-electron chi connectivity index (χ1n) is 12.1. The number of rotatable bonds is 13. The number of hydrogen-bond acceptors (Lipinski definition) is 2. The Kier molecular flexibility index (Phi) is 11.6. The second-order valence-electron chi connectivity index (χ2n) is 9.48. The topological polar surface area (TPSA) is 52.9 Å². The Hall–Kier alpha value is -1.39. The van der Waals surface area contributed by atoms with E-state index in [-0.39, 0.29) is 11.6 Å². The third-order valence-corrected chi connectivity index (χ3v) is 12.9. The van der Waals surface area contributed by atoms with E-state index in [1.807, 2.05) is 26.0 Å². The molecule has 0 aliphatic heterocycles. The molecule has 4 heteroatoms. The molecule has 1 N–H and O–H groups in total. The van der Waals surface area contributed by atoms with Crippen molar-refractivity contribution < 1.29 is 4.79 Å². The monoisotopic (exact) mass is 432 g/mol. The van der Waals surface area contributed by atoms with Crippen molar-refractivity contribution in [2.24, 2.45) is 5.92 Å². The van der Waals surface area contributed by atoms with Crippen LogP contribution in [-0.4, -0.2) is 30.1 Å². The summed E-state index contributed by atoms with van der Waals surface area (Å²) in [6.07, 6.45) is 11.1. The normalized spacial score (nSPS) is 13.2. The standard InChI is InChI=1S/C26H45N2OP/c1-8-11-14-30(15-12-9-2,16-13-10-3)25(20(4)5)26(29)28-24-21(6)17-23(19-27)18-22(24)7/h17-18,20,25,30H,8-16H2,1-7H3,(H,28,29). The molecule has 1 unspecified atom stereocenters. The molecule has 30 heavy (non-hydrogen) atoms. The summed E-state index contributed by atoms with van der Waals surface area (Å²) in [7, 11) is -1.78. The number of amides is 1. The first-order valence-corrected chi connectivity index (χ1v) is 14.8. The predicted octanol–water partition coefficient (Wildman–Crippen LogP) is 7.29. The van der Waals surface area contributed by atoms with E-state index >= 15 is 0 Å². The van der Waals surface area contributed by atoms with Crippen LogP contribution < -0.4 is 5.32 Å². The Balaban J connectivity index is 3.35. The Morgan fingerprint density at radius 1 is 0.967 bits per heavy atom. The van der Waals surface area contributed by atoms with E-state index < -0.39 is 7.26 Å². The van der Waals surface area contributed by atoms with Crippen LogP contribution in [0.15, 0.2) is 12.1 Å². The zero-order chi connectivity index (χ0) is 22.7. The number of nitriles is 1. The fourth-order valence-corrected chi connectivity index (χ4v) is 12.0. The van der Waals surface area contributed by atoms with E-state index in [1.165, 1.54) is 57.0 Å². The van der Waals surface area contributed by atoms with E-state index in [1.54, 1.807) is 0 Å². The molecule has 0 aromatic heterocycles. The molecular formula is C26H45N2OP. The van der Waals surface area contributed by atoms with Crippen molar-refractivity contribution in [3.8, 4) is 6.07 Å². The number of unbranched alkanes of at least 4 members (excludes halogenated alkanes) is 3. The van der Waals surface area contributed by atoms with Crippen molar-refractivity contribution >= 4 is 18.9 Å². The van der Waals surface area contributed by atoms with Crippen LogP contribution >= 0.6 is 7.26 Å². The van der Waals surface area contributed by atoms with Gasteiger partial charge >= 0.3 is 186 Å². The van der Waals surface area contributed by atoms with Crippen molar-refractivity contribution in [2.45, 2.75) is 92.7 Å². The maximum absolute atomic E-state index is 13.8. The number of aryl methyl sites for hydroxylation is 2. The van der Waals surface area contributed by atoms with Gasteiger partial charge in [0.25, 0.3) is 0 Å². The van der Waals surface area contributed by atoms with Crippen LogP contribution in [0.25, 0.3) is 0 Å². The third kappa shape index (κ3) is 7.09. The van der Waals surface area contributed by atoms with Crippen LogP contribution in [0.1, 0.15) is 89.8 Å². The van der Waals surface area contributed by atoms with Gasteiger partial charge in [0.15, 0.2) is 0 Å². The molecule has 0 spiro atoms. The molecule has 0 heterocycles. The molecule has 0 bridgehead atoms. The van der Waals surface area contributed by atoms with Crippen LogP contribution in [0.4, 0.5) is 5.69 Å². The summed E-state index contributed by atoms with van der Waals surface area (Å²) in [6, 6.07) is 5.97. The summed E-state index contributed by atoms with van der Waals surface area (Å²) in [5.74, 6) is 0.567. The van der Waals surface area contributed by atoms with Crippen molar-refractivity contribution in [1.29, 1.82) is 5.26 Å². The molecule has 0 saturated heterocycles. The first-order chi connectivity index (χ1) is 14.3. The molecular weight excluding hydrogens is 387 g/mol. The Morgan fingerprint density at radius 3 is 1.73 bits per heavy atom. The van der Waals surface area contributed by atoms with Gasteiger partial charge in [0.2, 0.25) is 0 Å². The van der Waals surface area contributed by atoms with Gasteiger partial charge in [-0.2, -0.15) is 0 Å². The van der Waals surface area contributed by atoms with Crippen molar-refractivity contribution in [1.82, 2.24) is 0 Å². The van der Waals surface area contributed by atoms with Crippen molar-refractivity contribution in [3.05, 3.63) is 28.8 Å². The van der Waals surface area contributed by atoms with Gasteiger partial charge < -0.3 is 0 Å². The molecule has 0 radical (unpaired) electrons. The number of benzene rings is 1. The van der Waals surface area contributed by atoms with E-state index in [0.717, 1.165) is 16.8 Å². The predicted molar refractivity (Wildman–Crippen MR) is 136 cm³/mol. The molecule has 1 atom stereocenters. The molecule has 3 nitrogen and oxygen atoms in total. The second-order valence-corrected chi connectivity index (χ2v) is 14.3.